The molecule has 1 aliphatic carbocycles. The summed E-state index contributed by atoms with van der Waals surface area (Å²) < 4.78 is 5.30. The quantitative estimate of drug-likeness (QED) is 0.823. The molecule has 0 bridgehead atoms. The zero-order valence-corrected chi connectivity index (χ0v) is 11.3. The minimum atomic E-state index is -0.187. The van der Waals surface area contributed by atoms with Crippen molar-refractivity contribution < 1.29 is 9.53 Å². The topological polar surface area (TPSA) is 55.6 Å². The van der Waals surface area contributed by atoms with Crippen LogP contribution < -0.4 is 5.73 Å². The molecule has 1 rings (SSSR count). The molecule has 0 aromatic rings. The number of nitrogens with zero attached hydrogens (tertiary/aromatic N) is 1. The van der Waals surface area contributed by atoms with E-state index < -0.39 is 0 Å². The lowest BCUT2D eigenvalue weighted by atomic mass is 9.83. The SMILES string of the molecule is CCN(C(=O)OC(C)C)C1CCCCC1CN. The second-order valence-electron chi connectivity index (χ2n) is 5.07. The van der Waals surface area contributed by atoms with Crippen molar-refractivity contribution in [2.75, 3.05) is 13.1 Å². The van der Waals surface area contributed by atoms with Gasteiger partial charge in [0.1, 0.15) is 0 Å². The van der Waals surface area contributed by atoms with Gasteiger partial charge in [0.15, 0.2) is 0 Å². The first-order valence-corrected chi connectivity index (χ1v) is 6.77. The third-order valence-electron chi connectivity index (χ3n) is 3.48. The summed E-state index contributed by atoms with van der Waals surface area (Å²) in [6, 6.07) is 0.269. The first-order chi connectivity index (χ1) is 8.10. The van der Waals surface area contributed by atoms with Gasteiger partial charge in [-0.05, 0) is 46.1 Å². The molecule has 0 aliphatic heterocycles. The molecule has 2 N–H and O–H groups in total. The minimum absolute atomic E-state index is 0.0588. The number of nitrogens with two attached hydrogens (primary N) is 1. The van der Waals surface area contributed by atoms with E-state index in [1.165, 1.54) is 12.8 Å². The van der Waals surface area contributed by atoms with Crippen molar-refractivity contribution in [1.82, 2.24) is 4.90 Å². The van der Waals surface area contributed by atoms with Gasteiger partial charge in [-0.1, -0.05) is 12.8 Å². The summed E-state index contributed by atoms with van der Waals surface area (Å²) >= 11 is 0. The van der Waals surface area contributed by atoms with Gasteiger partial charge in [0.05, 0.1) is 6.10 Å². The lowest BCUT2D eigenvalue weighted by Crippen LogP contribution is -2.48. The second-order valence-corrected chi connectivity index (χ2v) is 5.07. The molecule has 100 valence electrons. The Morgan fingerprint density at radius 3 is 2.59 bits per heavy atom. The summed E-state index contributed by atoms with van der Waals surface area (Å²) in [5.41, 5.74) is 5.81. The van der Waals surface area contributed by atoms with E-state index >= 15 is 0 Å². The molecule has 4 nitrogen and oxygen atoms in total. The third-order valence-corrected chi connectivity index (χ3v) is 3.48. The van der Waals surface area contributed by atoms with Crippen molar-refractivity contribution in [3.8, 4) is 0 Å². The molecule has 4 heteroatoms. The predicted molar refractivity (Wildman–Crippen MR) is 68.8 cm³/mol. The number of hydrogen-bond donors (Lipinski definition) is 1. The van der Waals surface area contributed by atoms with Crippen molar-refractivity contribution in [2.45, 2.75) is 58.6 Å². The molecule has 0 radical (unpaired) electrons. The Balaban J connectivity index is 2.66. The molecular weight excluding hydrogens is 216 g/mol. The highest BCUT2D eigenvalue weighted by atomic mass is 16.6. The van der Waals surface area contributed by atoms with Crippen LogP contribution in [-0.2, 0) is 4.74 Å². The van der Waals surface area contributed by atoms with Crippen LogP contribution in [0, 0.1) is 5.92 Å². The van der Waals surface area contributed by atoms with Crippen LogP contribution in [0.3, 0.4) is 0 Å². The summed E-state index contributed by atoms with van der Waals surface area (Å²) in [6.45, 7) is 7.13. The van der Waals surface area contributed by atoms with Gasteiger partial charge in [-0.15, -0.1) is 0 Å². The summed E-state index contributed by atoms with van der Waals surface area (Å²) in [4.78, 5) is 13.9. The number of amides is 1. The van der Waals surface area contributed by atoms with E-state index in [4.69, 9.17) is 10.5 Å². The minimum Gasteiger partial charge on any atom is -0.447 e. The Morgan fingerprint density at radius 2 is 2.06 bits per heavy atom. The summed E-state index contributed by atoms with van der Waals surface area (Å²) in [5, 5.41) is 0. The van der Waals surface area contributed by atoms with Crippen LogP contribution in [-0.4, -0.2) is 36.2 Å². The number of hydrogen-bond acceptors (Lipinski definition) is 3. The van der Waals surface area contributed by atoms with E-state index in [2.05, 4.69) is 0 Å². The van der Waals surface area contributed by atoms with Crippen LogP contribution in [0.25, 0.3) is 0 Å². The monoisotopic (exact) mass is 242 g/mol. The van der Waals surface area contributed by atoms with Gasteiger partial charge < -0.3 is 15.4 Å². The predicted octanol–water partition coefficient (Wildman–Crippen LogP) is 2.37. The van der Waals surface area contributed by atoms with Gasteiger partial charge in [-0.25, -0.2) is 4.79 Å². The summed E-state index contributed by atoms with van der Waals surface area (Å²) in [7, 11) is 0. The maximum absolute atomic E-state index is 12.0. The Morgan fingerprint density at radius 1 is 1.41 bits per heavy atom. The van der Waals surface area contributed by atoms with E-state index in [0.29, 0.717) is 19.0 Å². The molecule has 2 atom stereocenters. The van der Waals surface area contributed by atoms with Gasteiger partial charge in [0.2, 0.25) is 0 Å². The maximum atomic E-state index is 12.0. The van der Waals surface area contributed by atoms with Gasteiger partial charge in [0, 0.05) is 12.6 Å². The molecule has 0 spiro atoms. The van der Waals surface area contributed by atoms with E-state index in [-0.39, 0.29) is 18.2 Å². The molecule has 17 heavy (non-hydrogen) atoms. The lowest BCUT2D eigenvalue weighted by molar-refractivity contribution is 0.0455. The Bertz CT molecular complexity index is 244. The van der Waals surface area contributed by atoms with Crippen LogP contribution in [0.5, 0.6) is 0 Å². The Kier molecular flexibility index (Phi) is 5.75. The lowest BCUT2D eigenvalue weighted by Gasteiger charge is -2.38. The van der Waals surface area contributed by atoms with Gasteiger partial charge in [-0.2, -0.15) is 0 Å². The summed E-state index contributed by atoms with van der Waals surface area (Å²) in [5.74, 6) is 0.434. The summed E-state index contributed by atoms with van der Waals surface area (Å²) in [6.07, 6.45) is 4.36. The fourth-order valence-corrected chi connectivity index (χ4v) is 2.64. The standard InChI is InChI=1S/C13H26N2O2/c1-4-15(13(16)17-10(2)3)12-8-6-5-7-11(12)9-14/h10-12H,4-9,14H2,1-3H3. The van der Waals surface area contributed by atoms with E-state index in [1.54, 1.807) is 0 Å². The van der Waals surface area contributed by atoms with Crippen LogP contribution in [0.1, 0.15) is 46.5 Å². The van der Waals surface area contributed by atoms with Crippen molar-refractivity contribution in [3.05, 3.63) is 0 Å². The molecule has 2 unspecified atom stereocenters. The zero-order chi connectivity index (χ0) is 12.8. The van der Waals surface area contributed by atoms with Crippen molar-refractivity contribution in [2.24, 2.45) is 11.7 Å². The van der Waals surface area contributed by atoms with E-state index in [1.807, 2.05) is 25.7 Å². The van der Waals surface area contributed by atoms with E-state index in [9.17, 15) is 4.79 Å². The van der Waals surface area contributed by atoms with Gasteiger partial charge >= 0.3 is 6.09 Å². The third kappa shape index (κ3) is 3.87. The normalized spacial score (nSPS) is 24.8. The maximum Gasteiger partial charge on any atom is 0.410 e. The molecule has 1 saturated carbocycles. The fraction of sp³-hybridized carbons (Fsp3) is 0.923. The molecule has 0 aromatic carbocycles. The smallest absolute Gasteiger partial charge is 0.410 e. The van der Waals surface area contributed by atoms with Crippen LogP contribution in [0.2, 0.25) is 0 Å². The van der Waals surface area contributed by atoms with Crippen LogP contribution in [0.15, 0.2) is 0 Å². The van der Waals surface area contributed by atoms with E-state index in [0.717, 1.165) is 12.8 Å². The number of ether oxygens (including phenoxy) is 1. The molecular formula is C13H26N2O2. The van der Waals surface area contributed by atoms with Gasteiger partial charge in [0.25, 0.3) is 0 Å². The zero-order valence-electron chi connectivity index (χ0n) is 11.3. The number of carbonyl (C=O) groups excluding carboxylic acids is 1. The largest absolute Gasteiger partial charge is 0.447 e. The highest BCUT2D eigenvalue weighted by Crippen LogP contribution is 2.28. The molecule has 1 fully saturated rings. The van der Waals surface area contributed by atoms with Crippen molar-refractivity contribution in [3.63, 3.8) is 0 Å². The second kappa shape index (κ2) is 6.84. The van der Waals surface area contributed by atoms with Gasteiger partial charge in [-0.3, -0.25) is 0 Å². The first-order valence-electron chi connectivity index (χ1n) is 6.77. The molecule has 0 saturated heterocycles. The average molecular weight is 242 g/mol. The molecule has 0 aromatic heterocycles. The number of carbonyl (C=O) groups is 1. The highest BCUT2D eigenvalue weighted by molar-refractivity contribution is 5.68. The molecule has 0 heterocycles. The Hall–Kier alpha value is -0.770. The first kappa shape index (κ1) is 14.3. The highest BCUT2D eigenvalue weighted by Gasteiger charge is 2.32. The van der Waals surface area contributed by atoms with Crippen molar-refractivity contribution in [1.29, 1.82) is 0 Å². The molecule has 1 aliphatic rings. The number of rotatable bonds is 4. The average Bonchev–Trinajstić information content (AvgIpc) is 2.29. The molecule has 1 amide bonds. The fourth-order valence-electron chi connectivity index (χ4n) is 2.64. The van der Waals surface area contributed by atoms with Crippen LogP contribution in [0.4, 0.5) is 4.79 Å². The Labute approximate surface area is 104 Å². The van der Waals surface area contributed by atoms with Crippen LogP contribution >= 0.6 is 0 Å². The van der Waals surface area contributed by atoms with Crippen molar-refractivity contribution >= 4 is 6.09 Å².